The van der Waals surface area contributed by atoms with Crippen molar-refractivity contribution in [3.63, 3.8) is 0 Å². The second-order valence-electron chi connectivity index (χ2n) is 4.87. The number of rotatable bonds is 5. The molecule has 106 valence electrons. The molecule has 2 N–H and O–H groups in total. The Balaban J connectivity index is 2.04. The van der Waals surface area contributed by atoms with E-state index >= 15 is 0 Å². The zero-order valence-corrected chi connectivity index (χ0v) is 11.6. The number of ether oxygens (including phenoxy) is 1. The molecule has 0 saturated heterocycles. The normalized spacial score (nSPS) is 19.4. The summed E-state index contributed by atoms with van der Waals surface area (Å²) in [4.78, 5) is 13.5. The number of hydrogen-bond acceptors (Lipinski definition) is 4. The van der Waals surface area contributed by atoms with Gasteiger partial charge in [0.2, 0.25) is 5.91 Å². The lowest BCUT2D eigenvalue weighted by atomic mass is 10.2. The van der Waals surface area contributed by atoms with E-state index in [0.29, 0.717) is 19.6 Å². The molecule has 0 bridgehead atoms. The van der Waals surface area contributed by atoms with Gasteiger partial charge < -0.3 is 10.5 Å². The van der Waals surface area contributed by atoms with E-state index in [0.717, 1.165) is 31.0 Å². The first-order valence-corrected chi connectivity index (χ1v) is 6.81. The number of nitrogens with two attached hydrogens (primary N) is 1. The van der Waals surface area contributed by atoms with Crippen molar-refractivity contribution in [1.82, 2.24) is 9.78 Å². The molecule has 0 aliphatic carbocycles. The first kappa shape index (κ1) is 14.0. The van der Waals surface area contributed by atoms with Gasteiger partial charge in [0, 0.05) is 32.7 Å². The molecule has 19 heavy (non-hydrogen) atoms. The summed E-state index contributed by atoms with van der Waals surface area (Å²) in [6.07, 6.45) is 2.42. The van der Waals surface area contributed by atoms with Crippen LogP contribution in [0.4, 0.5) is 5.82 Å². The molecule has 1 atom stereocenters. The number of carbonyl (C=O) groups excluding carboxylic acids is 1. The van der Waals surface area contributed by atoms with Gasteiger partial charge in [-0.1, -0.05) is 6.92 Å². The van der Waals surface area contributed by atoms with Crippen LogP contribution in [0.2, 0.25) is 0 Å². The Hall–Kier alpha value is -1.40. The number of fused-ring (bicyclic) bond motifs is 1. The number of nitrogens with zero attached hydrogens (tertiary/aromatic N) is 3. The highest BCUT2D eigenvalue weighted by Crippen LogP contribution is 2.20. The molecule has 0 saturated carbocycles. The lowest BCUT2D eigenvalue weighted by Gasteiger charge is -2.16. The Bertz CT molecular complexity index is 444. The van der Waals surface area contributed by atoms with Crippen molar-refractivity contribution in [2.75, 3.05) is 25.2 Å². The van der Waals surface area contributed by atoms with Crippen LogP contribution in [0.5, 0.6) is 0 Å². The molecule has 6 heteroatoms. The Kier molecular flexibility index (Phi) is 4.55. The van der Waals surface area contributed by atoms with Gasteiger partial charge in [-0.05, 0) is 12.8 Å². The van der Waals surface area contributed by atoms with Crippen LogP contribution in [-0.4, -0.2) is 42.0 Å². The lowest BCUT2D eigenvalue weighted by molar-refractivity contribution is -0.119. The maximum Gasteiger partial charge on any atom is 0.244 e. The van der Waals surface area contributed by atoms with Crippen LogP contribution in [0.3, 0.4) is 0 Å². The maximum atomic E-state index is 12.0. The SMILES string of the molecule is CCCOCCc1cc2n(n1)CCC(N)C(=O)N2C. The van der Waals surface area contributed by atoms with Gasteiger partial charge in [0.1, 0.15) is 5.82 Å². The molecule has 0 aromatic carbocycles. The van der Waals surface area contributed by atoms with E-state index < -0.39 is 6.04 Å². The highest BCUT2D eigenvalue weighted by molar-refractivity contribution is 5.96. The first-order chi connectivity index (χ1) is 9.13. The minimum Gasteiger partial charge on any atom is -0.381 e. The van der Waals surface area contributed by atoms with Crippen LogP contribution in [0, 0.1) is 0 Å². The summed E-state index contributed by atoms with van der Waals surface area (Å²) in [5.41, 5.74) is 6.77. The van der Waals surface area contributed by atoms with Gasteiger partial charge in [0.05, 0.1) is 18.3 Å². The fraction of sp³-hybridized carbons (Fsp3) is 0.692. The molecule has 1 aliphatic heterocycles. The van der Waals surface area contributed by atoms with Gasteiger partial charge in [-0.2, -0.15) is 5.10 Å². The molecule has 2 heterocycles. The summed E-state index contributed by atoms with van der Waals surface area (Å²) >= 11 is 0. The van der Waals surface area contributed by atoms with Crippen molar-refractivity contribution in [1.29, 1.82) is 0 Å². The quantitative estimate of drug-likeness (QED) is 0.790. The third-order valence-electron chi connectivity index (χ3n) is 3.30. The molecule has 0 spiro atoms. The average molecular weight is 266 g/mol. The van der Waals surface area contributed by atoms with Crippen molar-refractivity contribution in [2.45, 2.75) is 38.8 Å². The van der Waals surface area contributed by atoms with Crippen LogP contribution in [-0.2, 0) is 22.5 Å². The third kappa shape index (κ3) is 3.13. The predicted octanol–water partition coefficient (Wildman–Crippen LogP) is 0.546. The number of aryl methyl sites for hydroxylation is 1. The Morgan fingerprint density at radius 1 is 1.53 bits per heavy atom. The smallest absolute Gasteiger partial charge is 0.244 e. The van der Waals surface area contributed by atoms with E-state index in [4.69, 9.17) is 10.5 Å². The zero-order chi connectivity index (χ0) is 13.8. The van der Waals surface area contributed by atoms with E-state index in [1.807, 2.05) is 10.7 Å². The van der Waals surface area contributed by atoms with E-state index in [2.05, 4.69) is 12.0 Å². The molecule has 0 radical (unpaired) electrons. The Morgan fingerprint density at radius 2 is 2.32 bits per heavy atom. The summed E-state index contributed by atoms with van der Waals surface area (Å²) in [5.74, 6) is 0.774. The van der Waals surface area contributed by atoms with Crippen LogP contribution < -0.4 is 10.6 Å². The standard InChI is InChI=1S/C13H22N4O2/c1-3-7-19-8-5-10-9-12-16(2)13(18)11(14)4-6-17(12)15-10/h9,11H,3-8,14H2,1-2H3. The van der Waals surface area contributed by atoms with E-state index in [-0.39, 0.29) is 5.91 Å². The van der Waals surface area contributed by atoms with Crippen molar-refractivity contribution >= 4 is 11.7 Å². The van der Waals surface area contributed by atoms with Gasteiger partial charge >= 0.3 is 0 Å². The fourth-order valence-electron chi connectivity index (χ4n) is 2.18. The molecule has 1 aliphatic rings. The number of hydrogen-bond donors (Lipinski definition) is 1. The minimum absolute atomic E-state index is 0.0487. The van der Waals surface area contributed by atoms with Crippen LogP contribution in [0.15, 0.2) is 6.07 Å². The molecule has 1 unspecified atom stereocenters. The Labute approximate surface area is 113 Å². The monoisotopic (exact) mass is 266 g/mol. The molecule has 1 aromatic rings. The van der Waals surface area contributed by atoms with E-state index in [1.54, 1.807) is 11.9 Å². The van der Waals surface area contributed by atoms with E-state index in [9.17, 15) is 4.79 Å². The van der Waals surface area contributed by atoms with Gasteiger partial charge in [-0.3, -0.25) is 9.69 Å². The second-order valence-corrected chi connectivity index (χ2v) is 4.87. The zero-order valence-electron chi connectivity index (χ0n) is 11.6. The van der Waals surface area contributed by atoms with Crippen molar-refractivity contribution in [3.8, 4) is 0 Å². The summed E-state index contributed by atoms with van der Waals surface area (Å²) in [6.45, 7) is 4.22. The summed E-state index contributed by atoms with van der Waals surface area (Å²) in [6, 6.07) is 1.52. The number of likely N-dealkylation sites (N-methyl/N-ethyl adjacent to an activating group) is 1. The van der Waals surface area contributed by atoms with Crippen LogP contribution in [0.1, 0.15) is 25.5 Å². The third-order valence-corrected chi connectivity index (χ3v) is 3.30. The number of aromatic nitrogens is 2. The van der Waals surface area contributed by atoms with Gasteiger partial charge in [0.15, 0.2) is 0 Å². The minimum atomic E-state index is -0.428. The van der Waals surface area contributed by atoms with E-state index in [1.165, 1.54) is 0 Å². The number of anilines is 1. The Morgan fingerprint density at radius 3 is 3.05 bits per heavy atom. The molecule has 0 fully saturated rings. The first-order valence-electron chi connectivity index (χ1n) is 6.81. The van der Waals surface area contributed by atoms with Crippen molar-refractivity contribution in [3.05, 3.63) is 11.8 Å². The number of carbonyl (C=O) groups is 1. The highest BCUT2D eigenvalue weighted by atomic mass is 16.5. The topological polar surface area (TPSA) is 73.4 Å². The van der Waals surface area contributed by atoms with Crippen molar-refractivity contribution in [2.24, 2.45) is 5.73 Å². The number of amides is 1. The predicted molar refractivity (Wildman–Crippen MR) is 73.0 cm³/mol. The summed E-state index contributed by atoms with van der Waals surface area (Å²) < 4.78 is 7.32. The molecule has 1 aromatic heterocycles. The summed E-state index contributed by atoms with van der Waals surface area (Å²) in [7, 11) is 1.75. The summed E-state index contributed by atoms with van der Waals surface area (Å²) in [5, 5.41) is 4.51. The lowest BCUT2D eigenvalue weighted by Crippen LogP contribution is -2.40. The van der Waals surface area contributed by atoms with Crippen LogP contribution in [0.25, 0.3) is 0 Å². The highest BCUT2D eigenvalue weighted by Gasteiger charge is 2.26. The van der Waals surface area contributed by atoms with Gasteiger partial charge in [-0.15, -0.1) is 0 Å². The van der Waals surface area contributed by atoms with Crippen molar-refractivity contribution < 1.29 is 9.53 Å². The average Bonchev–Trinajstić information content (AvgIpc) is 2.78. The fourth-order valence-corrected chi connectivity index (χ4v) is 2.18. The second kappa shape index (κ2) is 6.16. The van der Waals surface area contributed by atoms with Crippen LogP contribution >= 0.6 is 0 Å². The molecule has 2 rings (SSSR count). The molecular formula is C13H22N4O2. The van der Waals surface area contributed by atoms with Gasteiger partial charge in [0.25, 0.3) is 0 Å². The van der Waals surface area contributed by atoms with Gasteiger partial charge in [-0.25, -0.2) is 4.68 Å². The largest absolute Gasteiger partial charge is 0.381 e. The molecule has 1 amide bonds. The molecule has 6 nitrogen and oxygen atoms in total. The molecular weight excluding hydrogens is 244 g/mol. The maximum absolute atomic E-state index is 12.0.